The predicted octanol–water partition coefficient (Wildman–Crippen LogP) is 2.06. The van der Waals surface area contributed by atoms with Gasteiger partial charge in [-0.1, -0.05) is 19.1 Å². The maximum Gasteiger partial charge on any atom is 0.303 e. The Bertz CT molecular complexity index is 443. The van der Waals surface area contributed by atoms with Crippen LogP contribution in [0.2, 0.25) is 0 Å². The number of para-hydroxylation sites is 1. The van der Waals surface area contributed by atoms with Gasteiger partial charge in [-0.05, 0) is 18.1 Å². The molecular weight excluding hydrogens is 234 g/mol. The fraction of sp³-hybridized carbons (Fsp3) is 0.385. The van der Waals surface area contributed by atoms with Gasteiger partial charge >= 0.3 is 5.97 Å². The first-order valence-electron chi connectivity index (χ1n) is 5.76. The number of carbonyl (C=O) groups is 2. The summed E-state index contributed by atoms with van der Waals surface area (Å²) in [7, 11) is 1.51. The Hall–Kier alpha value is -2.04. The molecule has 0 heterocycles. The van der Waals surface area contributed by atoms with Crippen molar-refractivity contribution in [3.63, 3.8) is 0 Å². The topological polar surface area (TPSA) is 75.6 Å². The van der Waals surface area contributed by atoms with Gasteiger partial charge in [-0.15, -0.1) is 0 Å². The standard InChI is InChI=1S/C13H17NO4/c1-3-11(15)14-13-9(7-8-12(16)17)5-4-6-10(13)18-2/h4-6H,3,7-8H2,1-2H3,(H,14,15)(H,16,17). The van der Waals surface area contributed by atoms with Crippen LogP contribution < -0.4 is 10.1 Å². The minimum Gasteiger partial charge on any atom is -0.495 e. The summed E-state index contributed by atoms with van der Waals surface area (Å²) in [5.41, 5.74) is 1.33. The smallest absolute Gasteiger partial charge is 0.303 e. The van der Waals surface area contributed by atoms with Gasteiger partial charge in [0, 0.05) is 12.8 Å². The SMILES string of the molecule is CCC(=O)Nc1c(CCC(=O)O)cccc1OC. The lowest BCUT2D eigenvalue weighted by atomic mass is 10.1. The predicted molar refractivity (Wildman–Crippen MR) is 67.9 cm³/mol. The Morgan fingerprint density at radius 2 is 2.11 bits per heavy atom. The van der Waals surface area contributed by atoms with Crippen molar-refractivity contribution in [2.45, 2.75) is 26.2 Å². The Morgan fingerprint density at radius 3 is 2.67 bits per heavy atom. The second kappa shape index (κ2) is 6.64. The number of hydrogen-bond donors (Lipinski definition) is 2. The molecule has 0 saturated heterocycles. The third-order valence-electron chi connectivity index (χ3n) is 2.53. The third-order valence-corrected chi connectivity index (χ3v) is 2.53. The van der Waals surface area contributed by atoms with Crippen molar-refractivity contribution in [2.24, 2.45) is 0 Å². The van der Waals surface area contributed by atoms with E-state index < -0.39 is 5.97 Å². The summed E-state index contributed by atoms with van der Waals surface area (Å²) in [6.45, 7) is 1.75. The molecule has 1 aromatic carbocycles. The van der Waals surface area contributed by atoms with Gasteiger partial charge in [0.15, 0.2) is 0 Å². The molecule has 18 heavy (non-hydrogen) atoms. The fourth-order valence-corrected chi connectivity index (χ4v) is 1.57. The first-order valence-corrected chi connectivity index (χ1v) is 5.76. The van der Waals surface area contributed by atoms with Crippen LogP contribution in [0.25, 0.3) is 0 Å². The normalized spacial score (nSPS) is 9.89. The van der Waals surface area contributed by atoms with Crippen molar-refractivity contribution in [3.8, 4) is 5.75 Å². The highest BCUT2D eigenvalue weighted by atomic mass is 16.5. The van der Waals surface area contributed by atoms with Crippen molar-refractivity contribution in [2.75, 3.05) is 12.4 Å². The highest BCUT2D eigenvalue weighted by molar-refractivity contribution is 5.93. The molecule has 0 unspecified atom stereocenters. The first kappa shape index (κ1) is 14.0. The number of methoxy groups -OCH3 is 1. The molecule has 0 aromatic heterocycles. The lowest BCUT2D eigenvalue weighted by Crippen LogP contribution is -2.13. The number of nitrogens with one attached hydrogen (secondary N) is 1. The third kappa shape index (κ3) is 3.76. The van der Waals surface area contributed by atoms with Gasteiger partial charge in [0.2, 0.25) is 5.91 Å². The number of carboxylic acids is 1. The second-order valence-corrected chi connectivity index (χ2v) is 3.79. The van der Waals surface area contributed by atoms with Crippen molar-refractivity contribution in [1.29, 1.82) is 0 Å². The largest absolute Gasteiger partial charge is 0.495 e. The van der Waals surface area contributed by atoms with E-state index >= 15 is 0 Å². The summed E-state index contributed by atoms with van der Waals surface area (Å²) in [4.78, 5) is 22.1. The van der Waals surface area contributed by atoms with E-state index in [1.165, 1.54) is 7.11 Å². The van der Waals surface area contributed by atoms with Crippen LogP contribution in [0.5, 0.6) is 5.75 Å². The Morgan fingerprint density at radius 1 is 1.39 bits per heavy atom. The van der Waals surface area contributed by atoms with Crippen LogP contribution in [-0.4, -0.2) is 24.1 Å². The second-order valence-electron chi connectivity index (χ2n) is 3.79. The molecule has 5 nitrogen and oxygen atoms in total. The zero-order valence-corrected chi connectivity index (χ0v) is 10.5. The first-order chi connectivity index (χ1) is 8.58. The summed E-state index contributed by atoms with van der Waals surface area (Å²) < 4.78 is 5.18. The number of amides is 1. The lowest BCUT2D eigenvalue weighted by Gasteiger charge is -2.14. The van der Waals surface area contributed by atoms with Crippen molar-refractivity contribution in [3.05, 3.63) is 23.8 Å². The van der Waals surface area contributed by atoms with Gasteiger partial charge in [0.1, 0.15) is 5.75 Å². The Kier molecular flexibility index (Phi) is 5.17. The number of anilines is 1. The fourth-order valence-electron chi connectivity index (χ4n) is 1.57. The molecule has 0 aliphatic rings. The van der Waals surface area contributed by atoms with Crippen LogP contribution in [0.3, 0.4) is 0 Å². The van der Waals surface area contributed by atoms with Crippen LogP contribution >= 0.6 is 0 Å². The summed E-state index contributed by atoms with van der Waals surface area (Å²) in [5, 5.41) is 11.4. The molecule has 0 bridgehead atoms. The number of rotatable bonds is 6. The number of aliphatic carboxylic acids is 1. The highest BCUT2D eigenvalue weighted by Crippen LogP contribution is 2.29. The molecule has 0 radical (unpaired) electrons. The molecular formula is C13H17NO4. The monoisotopic (exact) mass is 251 g/mol. The van der Waals surface area contributed by atoms with Gasteiger partial charge in [-0.2, -0.15) is 0 Å². The van der Waals surface area contributed by atoms with Crippen LogP contribution in [0.1, 0.15) is 25.3 Å². The minimum atomic E-state index is -0.870. The van der Waals surface area contributed by atoms with Gasteiger partial charge < -0.3 is 15.2 Å². The number of carbonyl (C=O) groups excluding carboxylic acids is 1. The molecule has 98 valence electrons. The molecule has 0 aliphatic carbocycles. The van der Waals surface area contributed by atoms with E-state index in [1.807, 2.05) is 0 Å². The Balaban J connectivity index is 2.99. The van der Waals surface area contributed by atoms with E-state index in [0.717, 1.165) is 5.56 Å². The molecule has 5 heteroatoms. The number of carboxylic acid groups (broad SMARTS) is 1. The zero-order chi connectivity index (χ0) is 13.5. The van der Waals surface area contributed by atoms with Gasteiger partial charge in [-0.25, -0.2) is 0 Å². The quantitative estimate of drug-likeness (QED) is 0.811. The molecule has 1 amide bonds. The van der Waals surface area contributed by atoms with Gasteiger partial charge in [0.25, 0.3) is 0 Å². The van der Waals surface area contributed by atoms with E-state index in [1.54, 1.807) is 25.1 Å². The van der Waals surface area contributed by atoms with Gasteiger partial charge in [0.05, 0.1) is 12.8 Å². The maximum absolute atomic E-state index is 11.5. The summed E-state index contributed by atoms with van der Waals surface area (Å²) in [5.74, 6) is -0.457. The van der Waals surface area contributed by atoms with E-state index in [0.29, 0.717) is 24.3 Å². The van der Waals surface area contributed by atoms with Crippen molar-refractivity contribution >= 4 is 17.6 Å². The molecule has 0 spiro atoms. The van der Waals surface area contributed by atoms with E-state index in [-0.39, 0.29) is 12.3 Å². The molecule has 0 saturated carbocycles. The van der Waals surface area contributed by atoms with E-state index in [9.17, 15) is 9.59 Å². The molecule has 0 atom stereocenters. The molecule has 0 aliphatic heterocycles. The number of hydrogen-bond acceptors (Lipinski definition) is 3. The van der Waals surface area contributed by atoms with Crippen LogP contribution in [-0.2, 0) is 16.0 Å². The highest BCUT2D eigenvalue weighted by Gasteiger charge is 2.12. The molecule has 0 fully saturated rings. The number of benzene rings is 1. The summed E-state index contributed by atoms with van der Waals surface area (Å²) in [6.07, 6.45) is 0.727. The van der Waals surface area contributed by atoms with Crippen molar-refractivity contribution in [1.82, 2.24) is 0 Å². The van der Waals surface area contributed by atoms with Crippen LogP contribution in [0.15, 0.2) is 18.2 Å². The Labute approximate surface area is 106 Å². The lowest BCUT2D eigenvalue weighted by molar-refractivity contribution is -0.136. The average molecular weight is 251 g/mol. The molecule has 1 aromatic rings. The van der Waals surface area contributed by atoms with Crippen molar-refractivity contribution < 1.29 is 19.4 Å². The summed E-state index contributed by atoms with van der Waals surface area (Å²) >= 11 is 0. The summed E-state index contributed by atoms with van der Waals surface area (Å²) in [6, 6.07) is 5.30. The van der Waals surface area contributed by atoms with E-state index in [2.05, 4.69) is 5.32 Å². The molecule has 1 rings (SSSR count). The maximum atomic E-state index is 11.5. The minimum absolute atomic E-state index is 0.0160. The molecule has 2 N–H and O–H groups in total. The van der Waals surface area contributed by atoms with E-state index in [4.69, 9.17) is 9.84 Å². The number of aryl methyl sites for hydroxylation is 1. The zero-order valence-electron chi connectivity index (χ0n) is 10.5. The van der Waals surface area contributed by atoms with Crippen LogP contribution in [0, 0.1) is 0 Å². The number of ether oxygens (including phenoxy) is 1. The average Bonchev–Trinajstić information content (AvgIpc) is 2.36. The van der Waals surface area contributed by atoms with Gasteiger partial charge in [-0.3, -0.25) is 9.59 Å². The van der Waals surface area contributed by atoms with Crippen LogP contribution in [0.4, 0.5) is 5.69 Å².